The van der Waals surface area contributed by atoms with Crippen LogP contribution in [0.3, 0.4) is 0 Å². The molecule has 3 N–H and O–H groups in total. The number of pyridine rings is 1. The van der Waals surface area contributed by atoms with E-state index in [1.54, 1.807) is 0 Å². The zero-order valence-electron chi connectivity index (χ0n) is 10.8. The van der Waals surface area contributed by atoms with Gasteiger partial charge in [-0.2, -0.15) is 0 Å². The van der Waals surface area contributed by atoms with Gasteiger partial charge in [-0.25, -0.2) is 20.8 Å². The third kappa shape index (κ3) is 3.19. The molecule has 9 heteroatoms. The van der Waals surface area contributed by atoms with Gasteiger partial charge in [0.15, 0.2) is 10.2 Å². The largest absolute Gasteiger partial charge is 0.308 e. The molecule has 0 aliphatic rings. The Hall–Kier alpha value is -2.26. The average molecular weight is 292 g/mol. The summed E-state index contributed by atoms with van der Waals surface area (Å²) in [5.41, 5.74) is 3.82. The van der Waals surface area contributed by atoms with Crippen LogP contribution in [-0.2, 0) is 0 Å². The van der Waals surface area contributed by atoms with E-state index in [-0.39, 0.29) is 10.7 Å². The molecule has 0 unspecified atom stereocenters. The molecule has 0 saturated heterocycles. The molecule has 0 bridgehead atoms. The summed E-state index contributed by atoms with van der Waals surface area (Å²) in [7, 11) is 0. The van der Waals surface area contributed by atoms with E-state index in [9.17, 15) is 10.1 Å². The standard InChI is InChI=1S/C11H12N6O2S/c1-6-5-7(2)14-11(13-6)20-10-8(17(18)19)3-4-9(15-10)16-12/h3-5H,12H2,1-2H3,(H,15,16). The number of anilines is 1. The highest BCUT2D eigenvalue weighted by molar-refractivity contribution is 7.99. The van der Waals surface area contributed by atoms with Crippen molar-refractivity contribution < 1.29 is 4.92 Å². The van der Waals surface area contributed by atoms with Crippen LogP contribution >= 0.6 is 11.8 Å². The minimum Gasteiger partial charge on any atom is -0.308 e. The second-order valence-corrected chi connectivity index (χ2v) is 4.91. The molecular formula is C11H12N6O2S. The summed E-state index contributed by atoms with van der Waals surface area (Å²) in [6, 6.07) is 4.60. The Kier molecular flexibility index (Phi) is 4.11. The molecule has 104 valence electrons. The number of aryl methyl sites for hydroxylation is 2. The molecule has 8 nitrogen and oxygen atoms in total. The monoisotopic (exact) mass is 292 g/mol. The van der Waals surface area contributed by atoms with E-state index in [1.165, 1.54) is 12.1 Å². The van der Waals surface area contributed by atoms with E-state index in [0.717, 1.165) is 23.1 Å². The fraction of sp³-hybridized carbons (Fsp3) is 0.182. The van der Waals surface area contributed by atoms with Crippen molar-refractivity contribution >= 4 is 23.3 Å². The fourth-order valence-corrected chi connectivity index (χ4v) is 2.50. The molecule has 2 rings (SSSR count). The maximum absolute atomic E-state index is 11.0. The molecule has 0 atom stereocenters. The van der Waals surface area contributed by atoms with Crippen molar-refractivity contribution in [2.45, 2.75) is 24.0 Å². The summed E-state index contributed by atoms with van der Waals surface area (Å²) >= 11 is 1.03. The number of nitrogens with one attached hydrogen (secondary N) is 1. The molecule has 0 aliphatic carbocycles. The molecular weight excluding hydrogens is 280 g/mol. The number of hydrogen-bond acceptors (Lipinski definition) is 8. The Balaban J connectivity index is 2.42. The molecule has 2 heterocycles. The molecule has 0 radical (unpaired) electrons. The lowest BCUT2D eigenvalue weighted by atomic mass is 10.4. The van der Waals surface area contributed by atoms with Gasteiger partial charge in [0.25, 0.3) is 0 Å². The van der Waals surface area contributed by atoms with E-state index >= 15 is 0 Å². The van der Waals surface area contributed by atoms with Crippen LogP contribution in [0.25, 0.3) is 0 Å². The Morgan fingerprint density at radius 1 is 1.25 bits per heavy atom. The van der Waals surface area contributed by atoms with Gasteiger partial charge in [-0.3, -0.25) is 10.1 Å². The Morgan fingerprint density at radius 3 is 2.45 bits per heavy atom. The van der Waals surface area contributed by atoms with E-state index in [0.29, 0.717) is 11.0 Å². The van der Waals surface area contributed by atoms with Gasteiger partial charge in [-0.15, -0.1) is 0 Å². The molecule has 0 aliphatic heterocycles. The first kappa shape index (κ1) is 14.2. The van der Waals surface area contributed by atoms with Gasteiger partial charge >= 0.3 is 5.69 Å². The van der Waals surface area contributed by atoms with Crippen molar-refractivity contribution in [1.29, 1.82) is 0 Å². The molecule has 2 aromatic rings. The van der Waals surface area contributed by atoms with Crippen molar-refractivity contribution in [3.05, 3.63) is 39.7 Å². The third-order valence-electron chi connectivity index (χ3n) is 2.33. The van der Waals surface area contributed by atoms with Gasteiger partial charge in [0, 0.05) is 17.5 Å². The minimum atomic E-state index is -0.502. The SMILES string of the molecule is Cc1cc(C)nc(Sc2nc(NN)ccc2[N+](=O)[O-])n1. The predicted molar refractivity (Wildman–Crippen MR) is 74.3 cm³/mol. The van der Waals surface area contributed by atoms with Crippen molar-refractivity contribution in [3.63, 3.8) is 0 Å². The number of nitro groups is 1. The van der Waals surface area contributed by atoms with Crippen LogP contribution in [0.5, 0.6) is 0 Å². The zero-order chi connectivity index (χ0) is 14.7. The Morgan fingerprint density at radius 2 is 1.90 bits per heavy atom. The quantitative estimate of drug-likeness (QED) is 0.379. The highest BCUT2D eigenvalue weighted by Gasteiger charge is 2.18. The first-order chi connectivity index (χ1) is 9.49. The van der Waals surface area contributed by atoms with Crippen molar-refractivity contribution in [2.24, 2.45) is 5.84 Å². The number of aromatic nitrogens is 3. The zero-order valence-corrected chi connectivity index (χ0v) is 11.6. The second-order valence-electron chi connectivity index (χ2n) is 3.96. The number of nitrogens with two attached hydrogens (primary N) is 1. The summed E-state index contributed by atoms with van der Waals surface area (Å²) in [6.45, 7) is 3.66. The van der Waals surface area contributed by atoms with Gasteiger partial charge < -0.3 is 5.43 Å². The molecule has 0 amide bonds. The van der Waals surface area contributed by atoms with E-state index in [2.05, 4.69) is 20.4 Å². The highest BCUT2D eigenvalue weighted by Crippen LogP contribution is 2.32. The van der Waals surface area contributed by atoms with Crippen molar-refractivity contribution in [1.82, 2.24) is 15.0 Å². The first-order valence-corrected chi connectivity index (χ1v) is 6.43. The van der Waals surface area contributed by atoms with E-state index in [1.807, 2.05) is 19.9 Å². The molecule has 0 spiro atoms. The van der Waals surface area contributed by atoms with Gasteiger partial charge in [-0.1, -0.05) is 0 Å². The van der Waals surface area contributed by atoms with Crippen LogP contribution in [0.1, 0.15) is 11.4 Å². The van der Waals surface area contributed by atoms with Gasteiger partial charge in [0.2, 0.25) is 0 Å². The van der Waals surface area contributed by atoms with E-state index in [4.69, 9.17) is 5.84 Å². The number of hydrazine groups is 1. The maximum Gasteiger partial charge on any atom is 0.301 e. The topological polar surface area (TPSA) is 120 Å². The highest BCUT2D eigenvalue weighted by atomic mass is 32.2. The molecule has 2 aromatic heterocycles. The van der Waals surface area contributed by atoms with Crippen LogP contribution in [0.4, 0.5) is 11.5 Å². The lowest BCUT2D eigenvalue weighted by Crippen LogP contribution is -2.09. The lowest BCUT2D eigenvalue weighted by molar-refractivity contribution is -0.388. The second kappa shape index (κ2) is 5.80. The fourth-order valence-electron chi connectivity index (χ4n) is 1.55. The van der Waals surface area contributed by atoms with Crippen LogP contribution in [0.2, 0.25) is 0 Å². The minimum absolute atomic E-state index is 0.114. The van der Waals surface area contributed by atoms with Gasteiger partial charge in [0.05, 0.1) is 4.92 Å². The van der Waals surface area contributed by atoms with Gasteiger partial charge in [0.1, 0.15) is 5.82 Å². The summed E-state index contributed by atoms with van der Waals surface area (Å²) in [4.78, 5) is 23.0. The maximum atomic E-state index is 11.0. The number of nitrogen functional groups attached to an aromatic ring is 1. The van der Waals surface area contributed by atoms with Crippen molar-refractivity contribution in [3.8, 4) is 0 Å². The first-order valence-electron chi connectivity index (χ1n) is 5.62. The lowest BCUT2D eigenvalue weighted by Gasteiger charge is -2.05. The number of hydrogen-bond donors (Lipinski definition) is 2. The summed E-state index contributed by atoms with van der Waals surface area (Å²) < 4.78 is 0. The Bertz CT molecular complexity index is 643. The van der Waals surface area contributed by atoms with Gasteiger partial charge in [-0.05, 0) is 37.7 Å². The van der Waals surface area contributed by atoms with E-state index < -0.39 is 4.92 Å². The summed E-state index contributed by atoms with van der Waals surface area (Å²) in [5.74, 6) is 5.60. The van der Waals surface area contributed by atoms with Crippen LogP contribution < -0.4 is 11.3 Å². The van der Waals surface area contributed by atoms with Crippen LogP contribution in [-0.4, -0.2) is 19.9 Å². The number of nitrogens with zero attached hydrogens (tertiary/aromatic N) is 4. The molecule has 0 saturated carbocycles. The van der Waals surface area contributed by atoms with Crippen LogP contribution in [0.15, 0.2) is 28.4 Å². The number of rotatable bonds is 4. The predicted octanol–water partition coefficient (Wildman–Crippen LogP) is 1.83. The van der Waals surface area contributed by atoms with Crippen LogP contribution in [0, 0.1) is 24.0 Å². The summed E-state index contributed by atoms with van der Waals surface area (Å²) in [6.07, 6.45) is 0. The smallest absolute Gasteiger partial charge is 0.301 e. The summed E-state index contributed by atoms with van der Waals surface area (Å²) in [5, 5.41) is 11.6. The molecule has 0 fully saturated rings. The average Bonchev–Trinajstić information content (AvgIpc) is 2.37. The molecule has 0 aromatic carbocycles. The van der Waals surface area contributed by atoms with Crippen molar-refractivity contribution in [2.75, 3.05) is 5.43 Å². The third-order valence-corrected chi connectivity index (χ3v) is 3.19. The molecule has 20 heavy (non-hydrogen) atoms. The Labute approximate surface area is 119 Å². The normalized spacial score (nSPS) is 10.3.